The number of carbonyl (C=O) groups excluding carboxylic acids is 1. The minimum atomic E-state index is -0.592. The highest BCUT2D eigenvalue weighted by Gasteiger charge is 2.25. The molecule has 0 unspecified atom stereocenters. The zero-order valence-electron chi connectivity index (χ0n) is 13.0. The van der Waals surface area contributed by atoms with Gasteiger partial charge in [-0.2, -0.15) is 11.8 Å². The second-order valence-corrected chi connectivity index (χ2v) is 7.27. The van der Waals surface area contributed by atoms with Crippen molar-refractivity contribution in [1.29, 1.82) is 0 Å². The van der Waals surface area contributed by atoms with Crippen LogP contribution in [-0.4, -0.2) is 42.5 Å². The number of nitrogens with two attached hydrogens (primary N) is 1. The highest BCUT2D eigenvalue weighted by atomic mass is 32.2. The molecule has 0 atom stereocenters. The first kappa shape index (κ1) is 18.1. The van der Waals surface area contributed by atoms with Crippen molar-refractivity contribution in [3.05, 3.63) is 0 Å². The molecule has 0 saturated carbocycles. The maximum absolute atomic E-state index is 11.3. The SMILES string of the molecule is CCNC(=NCC(C)(C)SC)NCC(C)(C)C(N)=O. The van der Waals surface area contributed by atoms with Crippen LogP contribution in [0.3, 0.4) is 0 Å². The predicted octanol–water partition coefficient (Wildman–Crippen LogP) is 1.19. The Bertz CT molecular complexity index is 327. The van der Waals surface area contributed by atoms with E-state index in [1.165, 1.54) is 0 Å². The number of guanidine groups is 1. The van der Waals surface area contributed by atoms with Gasteiger partial charge in [-0.3, -0.25) is 9.79 Å². The van der Waals surface area contributed by atoms with E-state index in [4.69, 9.17) is 5.73 Å². The topological polar surface area (TPSA) is 79.5 Å². The molecule has 1 amide bonds. The van der Waals surface area contributed by atoms with Gasteiger partial charge >= 0.3 is 0 Å². The fourth-order valence-electron chi connectivity index (χ4n) is 1.07. The summed E-state index contributed by atoms with van der Waals surface area (Å²) < 4.78 is 0.0988. The van der Waals surface area contributed by atoms with Crippen LogP contribution in [0.25, 0.3) is 0 Å². The number of rotatable bonds is 7. The maximum atomic E-state index is 11.3. The average Bonchev–Trinajstić information content (AvgIpc) is 2.32. The summed E-state index contributed by atoms with van der Waals surface area (Å²) in [5, 5.41) is 6.34. The van der Waals surface area contributed by atoms with E-state index in [0.717, 1.165) is 12.5 Å². The van der Waals surface area contributed by atoms with Crippen LogP contribution < -0.4 is 16.4 Å². The summed E-state index contributed by atoms with van der Waals surface area (Å²) in [6.07, 6.45) is 2.08. The fraction of sp³-hybridized carbons (Fsp3) is 0.846. The zero-order valence-corrected chi connectivity index (χ0v) is 13.8. The molecule has 0 fully saturated rings. The third kappa shape index (κ3) is 7.30. The van der Waals surface area contributed by atoms with E-state index in [9.17, 15) is 4.79 Å². The standard InChI is InChI=1S/C13H28N4OS/c1-7-15-11(17-9-13(4,5)19-6)16-8-12(2,3)10(14)18/h7-9H2,1-6H3,(H2,14,18)(H2,15,16,17). The number of nitrogens with one attached hydrogen (secondary N) is 2. The molecular formula is C13H28N4OS. The highest BCUT2D eigenvalue weighted by Crippen LogP contribution is 2.21. The molecular weight excluding hydrogens is 260 g/mol. The van der Waals surface area contributed by atoms with Crippen molar-refractivity contribution in [2.24, 2.45) is 16.1 Å². The maximum Gasteiger partial charge on any atom is 0.224 e. The van der Waals surface area contributed by atoms with Crippen LogP contribution >= 0.6 is 11.8 Å². The van der Waals surface area contributed by atoms with E-state index < -0.39 is 5.41 Å². The summed E-state index contributed by atoms with van der Waals surface area (Å²) >= 11 is 1.78. The molecule has 5 nitrogen and oxygen atoms in total. The summed E-state index contributed by atoms with van der Waals surface area (Å²) in [6.45, 7) is 11.9. The van der Waals surface area contributed by atoms with E-state index in [1.807, 2.05) is 20.8 Å². The van der Waals surface area contributed by atoms with Crippen LogP contribution in [0.1, 0.15) is 34.6 Å². The minimum absolute atomic E-state index is 0.0988. The predicted molar refractivity (Wildman–Crippen MR) is 84.6 cm³/mol. The molecule has 6 heteroatoms. The van der Waals surface area contributed by atoms with Crippen LogP contribution in [0.5, 0.6) is 0 Å². The Hall–Kier alpha value is -0.910. The fourth-order valence-corrected chi connectivity index (χ4v) is 1.26. The second-order valence-electron chi connectivity index (χ2n) is 5.76. The Morgan fingerprint density at radius 3 is 2.26 bits per heavy atom. The van der Waals surface area contributed by atoms with Crippen molar-refractivity contribution >= 4 is 23.6 Å². The highest BCUT2D eigenvalue weighted by molar-refractivity contribution is 7.99. The lowest BCUT2D eigenvalue weighted by Crippen LogP contribution is -2.46. The van der Waals surface area contributed by atoms with Crippen molar-refractivity contribution in [1.82, 2.24) is 10.6 Å². The number of primary amides is 1. The number of thioether (sulfide) groups is 1. The largest absolute Gasteiger partial charge is 0.369 e. The number of hydrogen-bond donors (Lipinski definition) is 3. The van der Waals surface area contributed by atoms with Gasteiger partial charge in [-0.25, -0.2) is 0 Å². The smallest absolute Gasteiger partial charge is 0.224 e. The Kier molecular flexibility index (Phi) is 7.26. The number of nitrogens with zero attached hydrogens (tertiary/aromatic N) is 1. The third-order valence-electron chi connectivity index (χ3n) is 2.88. The Balaban J connectivity index is 4.58. The van der Waals surface area contributed by atoms with Gasteiger partial charge in [0.05, 0.1) is 12.0 Å². The molecule has 4 N–H and O–H groups in total. The van der Waals surface area contributed by atoms with Gasteiger partial charge in [0.25, 0.3) is 0 Å². The Morgan fingerprint density at radius 2 is 1.84 bits per heavy atom. The lowest BCUT2D eigenvalue weighted by molar-refractivity contribution is -0.125. The summed E-state index contributed by atoms with van der Waals surface area (Å²) in [6, 6.07) is 0. The monoisotopic (exact) mass is 288 g/mol. The van der Waals surface area contributed by atoms with E-state index in [-0.39, 0.29) is 10.7 Å². The summed E-state index contributed by atoms with van der Waals surface area (Å²) in [5.74, 6) is 0.402. The zero-order chi connectivity index (χ0) is 15.1. The summed E-state index contributed by atoms with van der Waals surface area (Å²) in [4.78, 5) is 15.8. The first-order valence-corrected chi connectivity index (χ1v) is 7.74. The van der Waals surface area contributed by atoms with Gasteiger partial charge in [0.1, 0.15) is 0 Å². The van der Waals surface area contributed by atoms with Crippen molar-refractivity contribution < 1.29 is 4.79 Å². The molecule has 0 heterocycles. The van der Waals surface area contributed by atoms with E-state index >= 15 is 0 Å². The summed E-state index contributed by atoms with van der Waals surface area (Å²) in [7, 11) is 0. The van der Waals surface area contributed by atoms with E-state index in [2.05, 4.69) is 35.7 Å². The van der Waals surface area contributed by atoms with Crippen molar-refractivity contribution in [3.8, 4) is 0 Å². The van der Waals surface area contributed by atoms with Crippen LogP contribution in [0.4, 0.5) is 0 Å². The molecule has 112 valence electrons. The van der Waals surface area contributed by atoms with Crippen LogP contribution in [0.15, 0.2) is 4.99 Å². The lowest BCUT2D eigenvalue weighted by atomic mass is 9.93. The minimum Gasteiger partial charge on any atom is -0.369 e. The van der Waals surface area contributed by atoms with Gasteiger partial charge in [0, 0.05) is 17.8 Å². The molecule has 0 aromatic heterocycles. The second kappa shape index (κ2) is 7.62. The van der Waals surface area contributed by atoms with Crippen LogP contribution in [0.2, 0.25) is 0 Å². The number of hydrogen-bond acceptors (Lipinski definition) is 3. The molecule has 0 aromatic carbocycles. The summed E-state index contributed by atoms with van der Waals surface area (Å²) in [5.41, 5.74) is 4.76. The third-order valence-corrected chi connectivity index (χ3v) is 4.11. The molecule has 0 rings (SSSR count). The molecule has 0 radical (unpaired) electrons. The van der Waals surface area contributed by atoms with Crippen molar-refractivity contribution in [2.45, 2.75) is 39.4 Å². The Morgan fingerprint density at radius 1 is 1.26 bits per heavy atom. The first-order valence-electron chi connectivity index (χ1n) is 6.52. The van der Waals surface area contributed by atoms with Crippen molar-refractivity contribution in [2.75, 3.05) is 25.9 Å². The first-order chi connectivity index (χ1) is 8.64. The molecule has 19 heavy (non-hydrogen) atoms. The van der Waals surface area contributed by atoms with Gasteiger partial charge < -0.3 is 16.4 Å². The molecule has 0 saturated heterocycles. The van der Waals surface area contributed by atoms with Gasteiger partial charge in [-0.05, 0) is 40.9 Å². The molecule has 0 aliphatic heterocycles. The lowest BCUT2D eigenvalue weighted by Gasteiger charge is -2.24. The van der Waals surface area contributed by atoms with E-state index in [0.29, 0.717) is 13.1 Å². The molecule has 0 spiro atoms. The van der Waals surface area contributed by atoms with Gasteiger partial charge in [0.2, 0.25) is 5.91 Å². The molecule has 0 aliphatic rings. The number of aliphatic imine (C=N–C) groups is 1. The van der Waals surface area contributed by atoms with Crippen molar-refractivity contribution in [3.63, 3.8) is 0 Å². The average molecular weight is 288 g/mol. The molecule has 0 aliphatic carbocycles. The van der Waals surface area contributed by atoms with Gasteiger partial charge in [-0.15, -0.1) is 0 Å². The normalized spacial score (nSPS) is 13.3. The molecule has 0 aromatic rings. The number of amides is 1. The molecule has 0 bridgehead atoms. The van der Waals surface area contributed by atoms with Crippen LogP contribution in [0, 0.1) is 5.41 Å². The quantitative estimate of drug-likeness (QED) is 0.486. The van der Waals surface area contributed by atoms with Crippen LogP contribution in [-0.2, 0) is 4.79 Å². The number of carbonyl (C=O) groups is 1. The van der Waals surface area contributed by atoms with Gasteiger partial charge in [0.15, 0.2) is 5.96 Å². The van der Waals surface area contributed by atoms with E-state index in [1.54, 1.807) is 11.8 Å². The Labute approximate surface area is 121 Å². The van der Waals surface area contributed by atoms with Gasteiger partial charge in [-0.1, -0.05) is 0 Å².